The lowest BCUT2D eigenvalue weighted by molar-refractivity contribution is -0.137. The van der Waals surface area contributed by atoms with Crippen LogP contribution in [-0.4, -0.2) is 38.2 Å². The van der Waals surface area contributed by atoms with Gasteiger partial charge in [0.25, 0.3) is 5.91 Å². The molecule has 1 heterocycles. The fourth-order valence-corrected chi connectivity index (χ4v) is 1.13. The van der Waals surface area contributed by atoms with Crippen molar-refractivity contribution in [3.63, 3.8) is 0 Å². The molecule has 14 heavy (non-hydrogen) atoms. The van der Waals surface area contributed by atoms with Gasteiger partial charge in [-0.3, -0.25) is 14.4 Å². The van der Waals surface area contributed by atoms with Crippen LogP contribution in [0, 0.1) is 0 Å². The zero-order chi connectivity index (χ0) is 10.4. The topological polar surface area (TPSA) is 76.7 Å². The Morgan fingerprint density at radius 3 is 3.00 bits per heavy atom. The van der Waals surface area contributed by atoms with Gasteiger partial charge in [-0.2, -0.15) is 0 Å². The van der Waals surface area contributed by atoms with Crippen molar-refractivity contribution < 1.29 is 19.2 Å². The van der Waals surface area contributed by atoms with Gasteiger partial charge in [0.15, 0.2) is 0 Å². The maximum absolute atomic E-state index is 11.3. The molecule has 0 radical (unpaired) electrons. The van der Waals surface area contributed by atoms with Gasteiger partial charge in [0, 0.05) is 13.5 Å². The second-order valence-electron chi connectivity index (χ2n) is 2.97. The summed E-state index contributed by atoms with van der Waals surface area (Å²) in [7, 11) is 1.54. The fourth-order valence-electron chi connectivity index (χ4n) is 1.13. The van der Waals surface area contributed by atoms with E-state index in [1.54, 1.807) is 7.11 Å². The van der Waals surface area contributed by atoms with E-state index in [1.807, 2.05) is 0 Å². The summed E-state index contributed by atoms with van der Waals surface area (Å²) in [5, 5.41) is 2.53. The van der Waals surface area contributed by atoms with Crippen LogP contribution < -0.4 is 10.8 Å². The Hall–Kier alpha value is -1.14. The summed E-state index contributed by atoms with van der Waals surface area (Å²) in [6, 6.07) is -0.454. The van der Waals surface area contributed by atoms with Crippen molar-refractivity contribution in [3.05, 3.63) is 0 Å². The van der Waals surface area contributed by atoms with Crippen molar-refractivity contribution in [1.29, 1.82) is 0 Å². The number of carbonyl (C=O) groups is 2. The highest BCUT2D eigenvalue weighted by molar-refractivity contribution is 5.90. The van der Waals surface area contributed by atoms with Gasteiger partial charge in [-0.05, 0) is 6.42 Å². The fraction of sp³-hybridized carbons (Fsp3) is 0.750. The van der Waals surface area contributed by atoms with Crippen molar-refractivity contribution in [2.45, 2.75) is 18.9 Å². The Labute approximate surface area is 81.9 Å². The summed E-state index contributed by atoms with van der Waals surface area (Å²) >= 11 is 0. The monoisotopic (exact) mass is 202 g/mol. The third-order valence-electron chi connectivity index (χ3n) is 1.87. The van der Waals surface area contributed by atoms with Crippen LogP contribution in [0.25, 0.3) is 0 Å². The van der Waals surface area contributed by atoms with Crippen LogP contribution in [0.5, 0.6) is 0 Å². The molecule has 1 fully saturated rings. The van der Waals surface area contributed by atoms with Crippen molar-refractivity contribution >= 4 is 11.8 Å². The number of ether oxygens (including phenoxy) is 1. The molecule has 0 aromatic heterocycles. The van der Waals surface area contributed by atoms with E-state index in [4.69, 9.17) is 9.57 Å². The first kappa shape index (κ1) is 10.9. The van der Waals surface area contributed by atoms with E-state index in [1.165, 1.54) is 0 Å². The van der Waals surface area contributed by atoms with E-state index in [-0.39, 0.29) is 11.8 Å². The Bertz CT molecular complexity index is 219. The molecule has 6 heteroatoms. The molecule has 0 unspecified atom stereocenters. The van der Waals surface area contributed by atoms with E-state index in [0.717, 1.165) is 0 Å². The number of hydroxylamine groups is 1. The van der Waals surface area contributed by atoms with Crippen LogP contribution in [-0.2, 0) is 19.2 Å². The highest BCUT2D eigenvalue weighted by Crippen LogP contribution is 2.05. The van der Waals surface area contributed by atoms with Crippen molar-refractivity contribution in [3.8, 4) is 0 Å². The summed E-state index contributed by atoms with van der Waals surface area (Å²) in [6.07, 6.45) is 0.925. The van der Waals surface area contributed by atoms with Gasteiger partial charge in [0.1, 0.15) is 6.04 Å². The molecule has 0 spiro atoms. The van der Waals surface area contributed by atoms with Gasteiger partial charge in [0.05, 0.1) is 13.2 Å². The molecule has 6 nitrogen and oxygen atoms in total. The molecule has 1 rings (SSSR count). The summed E-state index contributed by atoms with van der Waals surface area (Å²) in [5.74, 6) is -0.408. The van der Waals surface area contributed by atoms with Crippen molar-refractivity contribution in [2.24, 2.45) is 0 Å². The molecule has 1 aliphatic rings. The van der Waals surface area contributed by atoms with Crippen LogP contribution in [0.15, 0.2) is 0 Å². The summed E-state index contributed by atoms with van der Waals surface area (Å²) in [6.45, 7) is 0.709. The molecule has 0 aromatic carbocycles. The summed E-state index contributed by atoms with van der Waals surface area (Å²) in [4.78, 5) is 26.9. The van der Waals surface area contributed by atoms with Crippen LogP contribution in [0.3, 0.4) is 0 Å². The smallest absolute Gasteiger partial charge is 0.266 e. The van der Waals surface area contributed by atoms with Gasteiger partial charge >= 0.3 is 0 Å². The van der Waals surface area contributed by atoms with Crippen molar-refractivity contribution in [2.75, 3.05) is 20.3 Å². The van der Waals surface area contributed by atoms with Crippen molar-refractivity contribution in [1.82, 2.24) is 10.8 Å². The first-order valence-electron chi connectivity index (χ1n) is 4.44. The maximum Gasteiger partial charge on any atom is 0.266 e. The first-order chi connectivity index (χ1) is 6.74. The zero-order valence-electron chi connectivity index (χ0n) is 8.04. The molecular weight excluding hydrogens is 188 g/mol. The standard InChI is InChI=1S/C8H14N2O4/c1-13-4-5-14-10-8(12)6-2-3-7(11)9-6/h6H,2-5H2,1H3,(H,9,11)(H,10,12)/t6-/m1/s1. The van der Waals surface area contributed by atoms with E-state index < -0.39 is 6.04 Å². The molecule has 2 amide bonds. The third kappa shape index (κ3) is 3.31. The minimum Gasteiger partial charge on any atom is -0.382 e. The van der Waals surface area contributed by atoms with Gasteiger partial charge in [-0.25, -0.2) is 5.48 Å². The van der Waals surface area contributed by atoms with E-state index in [2.05, 4.69) is 10.8 Å². The summed E-state index contributed by atoms with van der Waals surface area (Å²) in [5.41, 5.74) is 2.25. The van der Waals surface area contributed by atoms with Gasteiger partial charge in [-0.1, -0.05) is 0 Å². The van der Waals surface area contributed by atoms with Crippen LogP contribution in [0.4, 0.5) is 0 Å². The van der Waals surface area contributed by atoms with Gasteiger partial charge in [0.2, 0.25) is 5.91 Å². The minimum atomic E-state index is -0.454. The first-order valence-corrected chi connectivity index (χ1v) is 4.44. The predicted octanol–water partition coefficient (Wildman–Crippen LogP) is -1.04. The number of hydrogen-bond acceptors (Lipinski definition) is 4. The largest absolute Gasteiger partial charge is 0.382 e. The molecule has 0 saturated carbocycles. The van der Waals surface area contributed by atoms with Gasteiger partial charge < -0.3 is 10.1 Å². The lowest BCUT2D eigenvalue weighted by Crippen LogP contribution is -2.41. The molecule has 1 aliphatic heterocycles. The average Bonchev–Trinajstić information content (AvgIpc) is 2.59. The second-order valence-corrected chi connectivity index (χ2v) is 2.97. The normalized spacial score (nSPS) is 20.6. The number of hydrogen-bond donors (Lipinski definition) is 2. The quantitative estimate of drug-likeness (QED) is 0.441. The Kier molecular flexibility index (Phi) is 4.34. The molecule has 80 valence electrons. The Morgan fingerprint density at radius 1 is 1.64 bits per heavy atom. The van der Waals surface area contributed by atoms with E-state index in [9.17, 15) is 9.59 Å². The minimum absolute atomic E-state index is 0.0953. The molecule has 0 aliphatic carbocycles. The zero-order valence-corrected chi connectivity index (χ0v) is 8.04. The molecule has 2 N–H and O–H groups in total. The third-order valence-corrected chi connectivity index (χ3v) is 1.87. The maximum atomic E-state index is 11.3. The molecule has 1 atom stereocenters. The molecule has 0 bridgehead atoms. The Balaban J connectivity index is 2.12. The second kappa shape index (κ2) is 5.56. The highest BCUT2D eigenvalue weighted by atomic mass is 16.7. The Morgan fingerprint density at radius 2 is 2.43 bits per heavy atom. The number of carbonyl (C=O) groups excluding carboxylic acids is 2. The van der Waals surface area contributed by atoms with E-state index in [0.29, 0.717) is 26.1 Å². The SMILES string of the molecule is COCCONC(=O)[C@H]1CCC(=O)N1. The number of rotatable bonds is 5. The van der Waals surface area contributed by atoms with Crippen LogP contribution in [0.1, 0.15) is 12.8 Å². The van der Waals surface area contributed by atoms with E-state index >= 15 is 0 Å². The predicted molar refractivity (Wildman–Crippen MR) is 47.1 cm³/mol. The molecule has 0 aromatic rings. The van der Waals surface area contributed by atoms with Gasteiger partial charge in [-0.15, -0.1) is 0 Å². The van der Waals surface area contributed by atoms with Crippen LogP contribution >= 0.6 is 0 Å². The molecular formula is C8H14N2O4. The lowest BCUT2D eigenvalue weighted by atomic mass is 10.2. The average molecular weight is 202 g/mol. The highest BCUT2D eigenvalue weighted by Gasteiger charge is 2.27. The molecule has 1 saturated heterocycles. The number of methoxy groups -OCH3 is 1. The summed E-state index contributed by atoms with van der Waals surface area (Å²) < 4.78 is 4.72. The van der Waals surface area contributed by atoms with Crippen LogP contribution in [0.2, 0.25) is 0 Å². The lowest BCUT2D eigenvalue weighted by Gasteiger charge is -2.10. The number of nitrogens with one attached hydrogen (secondary N) is 2. The number of amides is 2.